The molecule has 154 valence electrons. The fourth-order valence-electron chi connectivity index (χ4n) is 3.60. The number of aromatic nitrogens is 1. The lowest BCUT2D eigenvalue weighted by Gasteiger charge is -2.27. The van der Waals surface area contributed by atoms with Crippen LogP contribution in [0, 0.1) is 11.8 Å². The van der Waals surface area contributed by atoms with Crippen LogP contribution in [0.5, 0.6) is 11.5 Å². The number of nitrogens with zero attached hydrogens (tertiary/aromatic N) is 1. The molecule has 0 radical (unpaired) electrons. The Balaban J connectivity index is 1.50. The van der Waals surface area contributed by atoms with Gasteiger partial charge in [-0.2, -0.15) is 0 Å². The van der Waals surface area contributed by atoms with Gasteiger partial charge in [0.25, 0.3) is 0 Å². The van der Waals surface area contributed by atoms with Crippen LogP contribution in [0.1, 0.15) is 31.2 Å². The van der Waals surface area contributed by atoms with Crippen LogP contribution in [0.15, 0.2) is 42.7 Å². The molecular weight excluding hydrogens is 370 g/mol. The van der Waals surface area contributed by atoms with Crippen molar-refractivity contribution in [1.82, 2.24) is 10.3 Å². The van der Waals surface area contributed by atoms with Crippen LogP contribution >= 0.6 is 0 Å². The van der Waals surface area contributed by atoms with Crippen LogP contribution < -0.4 is 20.1 Å². The zero-order chi connectivity index (χ0) is 20.6. The number of carbonyl (C=O) groups is 2. The summed E-state index contributed by atoms with van der Waals surface area (Å²) in [6.07, 6.45) is 6.22. The molecule has 1 aliphatic carbocycles. The minimum Gasteiger partial charge on any atom is -0.497 e. The van der Waals surface area contributed by atoms with E-state index in [0.717, 1.165) is 5.56 Å². The standard InChI is InChI=1S/C22H27N3O4/c1-28-18-9-10-20(29-2)19(12-18)25-22(27)17-7-5-16(6-8-17)21(26)24-14-15-4-3-11-23-13-15/h3-4,9-13,16-17H,5-8,14H2,1-2H3,(H,24,26)(H,25,27). The maximum absolute atomic E-state index is 12.7. The number of hydrogen-bond donors (Lipinski definition) is 2. The van der Waals surface area contributed by atoms with E-state index >= 15 is 0 Å². The maximum Gasteiger partial charge on any atom is 0.227 e. The van der Waals surface area contributed by atoms with Gasteiger partial charge < -0.3 is 20.1 Å². The summed E-state index contributed by atoms with van der Waals surface area (Å²) < 4.78 is 10.5. The summed E-state index contributed by atoms with van der Waals surface area (Å²) in [5.74, 6) is 1.06. The van der Waals surface area contributed by atoms with Gasteiger partial charge in [0.05, 0.1) is 19.9 Å². The van der Waals surface area contributed by atoms with Crippen LogP contribution in [0.3, 0.4) is 0 Å². The number of amides is 2. The number of nitrogens with one attached hydrogen (secondary N) is 2. The average molecular weight is 397 g/mol. The van der Waals surface area contributed by atoms with Gasteiger partial charge in [0.15, 0.2) is 0 Å². The van der Waals surface area contributed by atoms with Crippen molar-refractivity contribution >= 4 is 17.5 Å². The monoisotopic (exact) mass is 397 g/mol. The zero-order valence-electron chi connectivity index (χ0n) is 16.8. The molecule has 0 bridgehead atoms. The van der Waals surface area contributed by atoms with Crippen molar-refractivity contribution in [3.8, 4) is 11.5 Å². The highest BCUT2D eigenvalue weighted by Gasteiger charge is 2.30. The van der Waals surface area contributed by atoms with E-state index in [1.54, 1.807) is 44.8 Å². The van der Waals surface area contributed by atoms with Crippen LogP contribution in [0.25, 0.3) is 0 Å². The van der Waals surface area contributed by atoms with Crippen LogP contribution in [-0.2, 0) is 16.1 Å². The number of rotatable bonds is 7. The van der Waals surface area contributed by atoms with Gasteiger partial charge in [-0.15, -0.1) is 0 Å². The third-order valence-electron chi connectivity index (χ3n) is 5.32. The van der Waals surface area contributed by atoms with Gasteiger partial charge in [0, 0.05) is 36.8 Å². The predicted octanol–water partition coefficient (Wildman–Crippen LogP) is 3.16. The van der Waals surface area contributed by atoms with Gasteiger partial charge in [-0.25, -0.2) is 0 Å². The van der Waals surface area contributed by atoms with Crippen molar-refractivity contribution in [3.63, 3.8) is 0 Å². The number of hydrogen-bond acceptors (Lipinski definition) is 5. The first kappa shape index (κ1) is 20.6. The number of benzene rings is 1. The molecule has 1 aromatic heterocycles. The lowest BCUT2D eigenvalue weighted by molar-refractivity contribution is -0.128. The summed E-state index contributed by atoms with van der Waals surface area (Å²) in [4.78, 5) is 29.2. The molecular formula is C22H27N3O4. The number of ether oxygens (including phenoxy) is 2. The maximum atomic E-state index is 12.7. The van der Waals surface area contributed by atoms with Crippen molar-refractivity contribution in [2.45, 2.75) is 32.2 Å². The SMILES string of the molecule is COc1ccc(OC)c(NC(=O)C2CCC(C(=O)NCc3cccnc3)CC2)c1. The summed E-state index contributed by atoms with van der Waals surface area (Å²) in [7, 11) is 3.14. The summed E-state index contributed by atoms with van der Waals surface area (Å²) in [6, 6.07) is 9.07. The van der Waals surface area contributed by atoms with Gasteiger partial charge in [-0.05, 0) is 49.4 Å². The fraction of sp³-hybridized carbons (Fsp3) is 0.409. The summed E-state index contributed by atoms with van der Waals surface area (Å²) in [5, 5.41) is 5.92. The van der Waals surface area contributed by atoms with Crippen LogP contribution in [-0.4, -0.2) is 31.0 Å². The normalized spacial score (nSPS) is 18.6. The predicted molar refractivity (Wildman–Crippen MR) is 110 cm³/mol. The third-order valence-corrected chi connectivity index (χ3v) is 5.32. The van der Waals surface area contributed by atoms with Crippen molar-refractivity contribution < 1.29 is 19.1 Å². The fourth-order valence-corrected chi connectivity index (χ4v) is 3.60. The molecule has 29 heavy (non-hydrogen) atoms. The van der Waals surface area contributed by atoms with E-state index in [4.69, 9.17) is 9.47 Å². The second-order valence-electron chi connectivity index (χ2n) is 7.18. The Morgan fingerprint density at radius 3 is 2.38 bits per heavy atom. The second-order valence-corrected chi connectivity index (χ2v) is 7.18. The molecule has 0 aliphatic heterocycles. The molecule has 7 nitrogen and oxygen atoms in total. The molecule has 2 N–H and O–H groups in total. The van der Waals surface area contributed by atoms with Crippen LogP contribution in [0.2, 0.25) is 0 Å². The van der Waals surface area contributed by atoms with Gasteiger partial charge in [0.1, 0.15) is 11.5 Å². The molecule has 2 amide bonds. The average Bonchev–Trinajstić information content (AvgIpc) is 2.78. The Hall–Kier alpha value is -3.09. The number of methoxy groups -OCH3 is 2. The molecule has 3 rings (SSSR count). The highest BCUT2D eigenvalue weighted by atomic mass is 16.5. The van der Waals surface area contributed by atoms with E-state index < -0.39 is 0 Å². The van der Waals surface area contributed by atoms with Crippen molar-refractivity contribution in [1.29, 1.82) is 0 Å². The molecule has 7 heteroatoms. The summed E-state index contributed by atoms with van der Waals surface area (Å²) >= 11 is 0. The largest absolute Gasteiger partial charge is 0.497 e. The smallest absolute Gasteiger partial charge is 0.227 e. The Morgan fingerprint density at radius 2 is 1.76 bits per heavy atom. The van der Waals surface area contributed by atoms with E-state index in [1.165, 1.54) is 0 Å². The van der Waals surface area contributed by atoms with E-state index in [-0.39, 0.29) is 23.7 Å². The first-order valence-corrected chi connectivity index (χ1v) is 9.80. The topological polar surface area (TPSA) is 89.5 Å². The van der Waals surface area contributed by atoms with Gasteiger partial charge in [-0.3, -0.25) is 14.6 Å². The first-order valence-electron chi connectivity index (χ1n) is 9.80. The lowest BCUT2D eigenvalue weighted by Crippen LogP contribution is -2.35. The molecule has 2 aromatic rings. The molecule has 1 aromatic carbocycles. The molecule has 0 spiro atoms. The van der Waals surface area contributed by atoms with Crippen LogP contribution in [0.4, 0.5) is 5.69 Å². The van der Waals surface area contributed by atoms with Gasteiger partial charge in [-0.1, -0.05) is 6.07 Å². The molecule has 1 saturated carbocycles. The number of anilines is 1. The van der Waals surface area contributed by atoms with Gasteiger partial charge in [0.2, 0.25) is 11.8 Å². The van der Waals surface area contributed by atoms with E-state index in [1.807, 2.05) is 12.1 Å². The minimum absolute atomic E-state index is 0.0437. The van der Waals surface area contributed by atoms with Gasteiger partial charge >= 0.3 is 0 Å². The Kier molecular flexibility index (Phi) is 7.05. The van der Waals surface area contributed by atoms with Crippen molar-refractivity contribution in [2.75, 3.05) is 19.5 Å². The number of pyridine rings is 1. The molecule has 1 aliphatic rings. The molecule has 0 unspecified atom stereocenters. The van der Waals surface area contributed by atoms with E-state index in [0.29, 0.717) is 49.4 Å². The summed E-state index contributed by atoms with van der Waals surface area (Å²) in [6.45, 7) is 0.475. The molecule has 1 heterocycles. The van der Waals surface area contributed by atoms with Crippen molar-refractivity contribution in [2.24, 2.45) is 11.8 Å². The van der Waals surface area contributed by atoms with Crippen molar-refractivity contribution in [3.05, 3.63) is 48.3 Å². The number of carbonyl (C=O) groups excluding carboxylic acids is 2. The van der Waals surface area contributed by atoms with E-state index in [2.05, 4.69) is 15.6 Å². The Labute approximate surface area is 170 Å². The zero-order valence-corrected chi connectivity index (χ0v) is 16.8. The first-order chi connectivity index (χ1) is 14.1. The summed E-state index contributed by atoms with van der Waals surface area (Å²) in [5.41, 5.74) is 1.56. The highest BCUT2D eigenvalue weighted by Crippen LogP contribution is 2.33. The third kappa shape index (κ3) is 5.47. The molecule has 0 atom stereocenters. The quantitative estimate of drug-likeness (QED) is 0.749. The molecule has 0 saturated heterocycles. The minimum atomic E-state index is -0.117. The Bertz CT molecular complexity index is 833. The Morgan fingerprint density at radius 1 is 1.03 bits per heavy atom. The highest BCUT2D eigenvalue weighted by molar-refractivity contribution is 5.94. The second kappa shape index (κ2) is 9.91. The van der Waals surface area contributed by atoms with E-state index in [9.17, 15) is 9.59 Å². The molecule has 1 fully saturated rings. The lowest BCUT2D eigenvalue weighted by atomic mass is 9.81.